The molecule has 0 fully saturated rings. The second kappa shape index (κ2) is 6.64. The Morgan fingerprint density at radius 2 is 1.85 bits per heavy atom. The summed E-state index contributed by atoms with van der Waals surface area (Å²) in [5.74, 6) is 1.53. The van der Waals surface area contributed by atoms with Crippen molar-refractivity contribution < 1.29 is 9.47 Å². The molecule has 0 aliphatic rings. The molecule has 2 aromatic rings. The van der Waals surface area contributed by atoms with Gasteiger partial charge in [-0.1, -0.05) is 23.7 Å². The third-order valence-electron chi connectivity index (χ3n) is 3.14. The normalized spacial score (nSPS) is 10.4. The molecule has 2 rings (SSSR count). The van der Waals surface area contributed by atoms with Crippen molar-refractivity contribution in [1.29, 1.82) is 0 Å². The van der Waals surface area contributed by atoms with Gasteiger partial charge in [0.1, 0.15) is 11.5 Å². The number of hydrogen-bond donors (Lipinski definition) is 1. The Balaban J connectivity index is 2.43. The van der Waals surface area contributed by atoms with E-state index in [1.807, 2.05) is 43.4 Å². The van der Waals surface area contributed by atoms with Crippen molar-refractivity contribution in [1.82, 2.24) is 5.32 Å². The zero-order chi connectivity index (χ0) is 14.5. The molecule has 2 aromatic carbocycles. The molecule has 3 nitrogen and oxygen atoms in total. The highest BCUT2D eigenvalue weighted by molar-refractivity contribution is 6.31. The predicted molar refractivity (Wildman–Crippen MR) is 82.8 cm³/mol. The van der Waals surface area contributed by atoms with Gasteiger partial charge in [0.15, 0.2) is 0 Å². The number of halogens is 1. The Labute approximate surface area is 124 Å². The maximum atomic E-state index is 6.31. The molecule has 20 heavy (non-hydrogen) atoms. The zero-order valence-corrected chi connectivity index (χ0v) is 12.6. The average molecular weight is 292 g/mol. The van der Waals surface area contributed by atoms with Crippen molar-refractivity contribution in [3.8, 4) is 22.6 Å². The monoisotopic (exact) mass is 291 g/mol. The lowest BCUT2D eigenvalue weighted by Crippen LogP contribution is -2.05. The van der Waals surface area contributed by atoms with Gasteiger partial charge >= 0.3 is 0 Å². The fourth-order valence-electron chi connectivity index (χ4n) is 2.09. The van der Waals surface area contributed by atoms with Gasteiger partial charge in [0.05, 0.1) is 14.2 Å². The zero-order valence-electron chi connectivity index (χ0n) is 11.9. The third kappa shape index (κ3) is 3.06. The van der Waals surface area contributed by atoms with Crippen LogP contribution in [0.3, 0.4) is 0 Å². The second-order valence-corrected chi connectivity index (χ2v) is 4.81. The standard InChI is InChI=1S/C16H18ClNO2/c1-18-10-12-5-4-11(8-15(12)17)14-7-6-13(19-2)9-16(14)20-3/h4-9,18H,10H2,1-3H3. The Morgan fingerprint density at radius 1 is 1.05 bits per heavy atom. The van der Waals surface area contributed by atoms with Crippen LogP contribution in [0.2, 0.25) is 5.02 Å². The lowest BCUT2D eigenvalue weighted by atomic mass is 10.0. The number of rotatable bonds is 5. The van der Waals surface area contributed by atoms with Crippen molar-refractivity contribution >= 4 is 11.6 Å². The highest BCUT2D eigenvalue weighted by Gasteiger charge is 2.09. The molecule has 1 N–H and O–H groups in total. The summed E-state index contributed by atoms with van der Waals surface area (Å²) in [6.45, 7) is 0.749. The first-order valence-electron chi connectivity index (χ1n) is 6.35. The van der Waals surface area contributed by atoms with E-state index in [2.05, 4.69) is 5.32 Å². The van der Waals surface area contributed by atoms with Crippen molar-refractivity contribution in [2.75, 3.05) is 21.3 Å². The number of nitrogens with one attached hydrogen (secondary N) is 1. The van der Waals surface area contributed by atoms with Crippen LogP contribution in [0.25, 0.3) is 11.1 Å². The summed E-state index contributed by atoms with van der Waals surface area (Å²) in [5.41, 5.74) is 3.09. The van der Waals surface area contributed by atoms with Crippen LogP contribution in [0.5, 0.6) is 11.5 Å². The van der Waals surface area contributed by atoms with Crippen LogP contribution in [-0.2, 0) is 6.54 Å². The maximum Gasteiger partial charge on any atom is 0.130 e. The summed E-state index contributed by atoms with van der Waals surface area (Å²) in [6.07, 6.45) is 0. The number of hydrogen-bond acceptors (Lipinski definition) is 3. The van der Waals surface area contributed by atoms with E-state index in [9.17, 15) is 0 Å². The average Bonchev–Trinajstić information content (AvgIpc) is 2.48. The summed E-state index contributed by atoms with van der Waals surface area (Å²) in [7, 11) is 5.18. The van der Waals surface area contributed by atoms with Gasteiger partial charge in [0.2, 0.25) is 0 Å². The molecule has 0 aromatic heterocycles. The fourth-order valence-corrected chi connectivity index (χ4v) is 2.33. The molecule has 4 heteroatoms. The SMILES string of the molecule is CNCc1ccc(-c2ccc(OC)cc2OC)cc1Cl. The first kappa shape index (κ1) is 14.7. The van der Waals surface area contributed by atoms with Gasteiger partial charge in [-0.3, -0.25) is 0 Å². The molecule has 0 amide bonds. The maximum absolute atomic E-state index is 6.31. The van der Waals surface area contributed by atoms with Crippen LogP contribution >= 0.6 is 11.6 Å². The van der Waals surface area contributed by atoms with Crippen LogP contribution in [0.1, 0.15) is 5.56 Å². The Morgan fingerprint density at radius 3 is 2.45 bits per heavy atom. The van der Waals surface area contributed by atoms with E-state index in [-0.39, 0.29) is 0 Å². The van der Waals surface area contributed by atoms with Gasteiger partial charge in [-0.25, -0.2) is 0 Å². The first-order chi connectivity index (χ1) is 9.69. The van der Waals surface area contributed by atoms with E-state index >= 15 is 0 Å². The highest BCUT2D eigenvalue weighted by Crippen LogP contribution is 2.35. The molecule has 0 bridgehead atoms. The minimum atomic E-state index is 0.745. The highest BCUT2D eigenvalue weighted by atomic mass is 35.5. The summed E-state index contributed by atoms with van der Waals surface area (Å²) < 4.78 is 10.6. The molecule has 0 saturated heterocycles. The van der Waals surface area contributed by atoms with Crippen LogP contribution in [-0.4, -0.2) is 21.3 Å². The minimum absolute atomic E-state index is 0.745. The molecular formula is C16H18ClNO2. The molecule has 106 valence electrons. The van der Waals surface area contributed by atoms with Crippen molar-refractivity contribution in [3.05, 3.63) is 47.0 Å². The summed E-state index contributed by atoms with van der Waals surface area (Å²) >= 11 is 6.31. The Hall–Kier alpha value is -1.71. The van der Waals surface area contributed by atoms with Gasteiger partial charge < -0.3 is 14.8 Å². The topological polar surface area (TPSA) is 30.5 Å². The van der Waals surface area contributed by atoms with E-state index in [1.54, 1.807) is 14.2 Å². The Kier molecular flexibility index (Phi) is 4.88. The summed E-state index contributed by atoms with van der Waals surface area (Å²) in [6, 6.07) is 11.8. The predicted octanol–water partition coefficient (Wildman–Crippen LogP) is 3.74. The van der Waals surface area contributed by atoms with Gasteiger partial charge in [0, 0.05) is 23.2 Å². The van der Waals surface area contributed by atoms with Crippen LogP contribution < -0.4 is 14.8 Å². The van der Waals surface area contributed by atoms with Gasteiger partial charge in [-0.2, -0.15) is 0 Å². The molecule has 0 heterocycles. The van der Waals surface area contributed by atoms with Crippen molar-refractivity contribution in [2.24, 2.45) is 0 Å². The number of methoxy groups -OCH3 is 2. The third-order valence-corrected chi connectivity index (χ3v) is 3.49. The van der Waals surface area contributed by atoms with Crippen LogP contribution in [0.15, 0.2) is 36.4 Å². The smallest absolute Gasteiger partial charge is 0.130 e. The van der Waals surface area contributed by atoms with E-state index < -0.39 is 0 Å². The van der Waals surface area contributed by atoms with E-state index in [0.717, 1.165) is 39.8 Å². The lowest BCUT2D eigenvalue weighted by molar-refractivity contribution is 0.395. The first-order valence-corrected chi connectivity index (χ1v) is 6.72. The molecule has 0 unspecified atom stereocenters. The number of ether oxygens (including phenoxy) is 2. The van der Waals surface area contributed by atoms with Crippen LogP contribution in [0.4, 0.5) is 0 Å². The van der Waals surface area contributed by atoms with E-state index in [1.165, 1.54) is 0 Å². The van der Waals surface area contributed by atoms with Gasteiger partial charge in [0.25, 0.3) is 0 Å². The molecule has 0 atom stereocenters. The Bertz CT molecular complexity index is 599. The summed E-state index contributed by atoms with van der Waals surface area (Å²) in [4.78, 5) is 0. The second-order valence-electron chi connectivity index (χ2n) is 4.40. The number of benzene rings is 2. The molecule has 0 aliphatic heterocycles. The molecule has 0 saturated carbocycles. The summed E-state index contributed by atoms with van der Waals surface area (Å²) in [5, 5.41) is 3.84. The van der Waals surface area contributed by atoms with Gasteiger partial charge in [-0.05, 0) is 36.4 Å². The van der Waals surface area contributed by atoms with E-state index in [0.29, 0.717) is 0 Å². The molecule has 0 radical (unpaired) electrons. The lowest BCUT2D eigenvalue weighted by Gasteiger charge is -2.12. The van der Waals surface area contributed by atoms with E-state index in [4.69, 9.17) is 21.1 Å². The molecule has 0 spiro atoms. The molecule has 0 aliphatic carbocycles. The molecular weight excluding hydrogens is 274 g/mol. The van der Waals surface area contributed by atoms with Gasteiger partial charge in [-0.15, -0.1) is 0 Å². The van der Waals surface area contributed by atoms with Crippen molar-refractivity contribution in [2.45, 2.75) is 6.54 Å². The quantitative estimate of drug-likeness (QED) is 0.910. The van der Waals surface area contributed by atoms with Crippen LogP contribution in [0, 0.1) is 0 Å². The van der Waals surface area contributed by atoms with Crippen molar-refractivity contribution in [3.63, 3.8) is 0 Å². The minimum Gasteiger partial charge on any atom is -0.497 e. The largest absolute Gasteiger partial charge is 0.497 e. The fraction of sp³-hybridized carbons (Fsp3) is 0.250.